The molecule has 4 rings (SSSR count). The number of halogens is 5. The molecule has 0 saturated carbocycles. The van der Waals surface area contributed by atoms with E-state index in [-0.39, 0.29) is 5.71 Å². The van der Waals surface area contributed by atoms with E-state index in [0.29, 0.717) is 16.7 Å². The molecular weight excluding hydrogens is 433 g/mol. The Kier molecular flexibility index (Phi) is 4.64. The average Bonchev–Trinajstić information content (AvgIpc) is 3.05. The van der Waals surface area contributed by atoms with Gasteiger partial charge in [-0.25, -0.2) is 22.0 Å². The fourth-order valence-corrected chi connectivity index (χ4v) is 3.99. The van der Waals surface area contributed by atoms with Gasteiger partial charge in [0.1, 0.15) is 17.6 Å². The highest BCUT2D eigenvalue weighted by Crippen LogP contribution is 2.36. The van der Waals surface area contributed by atoms with E-state index < -0.39 is 50.2 Å². The maximum absolute atomic E-state index is 13.9. The van der Waals surface area contributed by atoms with Gasteiger partial charge in [-0.3, -0.25) is 4.28 Å². The fourth-order valence-electron chi connectivity index (χ4n) is 3.11. The van der Waals surface area contributed by atoms with Crippen LogP contribution in [0, 0.1) is 29.1 Å². The normalized spacial score (nSPS) is 17.3. The molecule has 0 amide bonds. The summed E-state index contributed by atoms with van der Waals surface area (Å²) in [4.78, 5) is -2.13. The zero-order valence-electron chi connectivity index (χ0n) is 14.9. The Labute approximate surface area is 166 Å². The van der Waals surface area contributed by atoms with Crippen LogP contribution in [-0.2, 0) is 14.4 Å². The van der Waals surface area contributed by atoms with Gasteiger partial charge in [-0.2, -0.15) is 8.42 Å². The average molecular weight is 443 g/mol. The Bertz CT molecular complexity index is 1310. The third-order valence-corrected chi connectivity index (χ3v) is 5.62. The number of ether oxygens (including phenoxy) is 1. The fraction of sp³-hybridized carbons (Fsp3) is 0.105. The third kappa shape index (κ3) is 2.96. The molecule has 3 aromatic carbocycles. The second kappa shape index (κ2) is 6.94. The Morgan fingerprint density at radius 2 is 1.50 bits per heavy atom. The molecule has 0 radical (unpaired) electrons. The summed E-state index contributed by atoms with van der Waals surface area (Å²) in [6, 6.07) is 10.4. The van der Waals surface area contributed by atoms with E-state index in [1.54, 1.807) is 36.4 Å². The summed E-state index contributed by atoms with van der Waals surface area (Å²) in [5.74, 6) is -12.1. The summed E-state index contributed by atoms with van der Waals surface area (Å²) in [6.07, 6.45) is -0.808. The lowest BCUT2D eigenvalue weighted by molar-refractivity contribution is 0.289. The van der Waals surface area contributed by atoms with Crippen LogP contribution < -0.4 is 4.74 Å². The molecule has 1 atom stereocenters. The quantitative estimate of drug-likeness (QED) is 0.260. The van der Waals surface area contributed by atoms with E-state index in [4.69, 9.17) is 4.74 Å². The standard InChI is InChI=1S/C19H10F5NO4S/c1-8-18(12-10-5-3-2-4-9(10)6-7-11(12)28-8)25-29-30(26,27)19-16(23)14(21)13(20)15(22)17(19)24/h2-8H,1H3/b25-18+. The maximum Gasteiger partial charge on any atom is 0.364 e. The molecule has 5 nitrogen and oxygen atoms in total. The highest BCUT2D eigenvalue weighted by atomic mass is 32.2. The SMILES string of the molecule is CC1Oc2ccc3ccccc3c2/C1=N/OS(=O)(=O)c1c(F)c(F)c(F)c(F)c1F. The third-order valence-electron chi connectivity index (χ3n) is 4.49. The summed E-state index contributed by atoms with van der Waals surface area (Å²) in [6.45, 7) is 1.52. The van der Waals surface area contributed by atoms with Gasteiger partial charge >= 0.3 is 10.1 Å². The van der Waals surface area contributed by atoms with E-state index in [2.05, 4.69) is 9.44 Å². The molecule has 3 aromatic rings. The van der Waals surface area contributed by atoms with E-state index in [1.165, 1.54) is 6.92 Å². The lowest BCUT2D eigenvalue weighted by Crippen LogP contribution is -2.19. The highest BCUT2D eigenvalue weighted by molar-refractivity contribution is 7.86. The van der Waals surface area contributed by atoms with Gasteiger partial charge in [0.15, 0.2) is 28.2 Å². The Morgan fingerprint density at radius 1 is 0.900 bits per heavy atom. The minimum absolute atomic E-state index is 0.0331. The largest absolute Gasteiger partial charge is 0.484 e. The summed E-state index contributed by atoms with van der Waals surface area (Å²) in [5, 5.41) is 4.84. The first kappa shape index (κ1) is 20.1. The van der Waals surface area contributed by atoms with Crippen LogP contribution >= 0.6 is 0 Å². The molecule has 1 unspecified atom stereocenters. The van der Waals surface area contributed by atoms with Crippen molar-refractivity contribution in [2.24, 2.45) is 5.16 Å². The highest BCUT2D eigenvalue weighted by Gasteiger charge is 2.36. The monoisotopic (exact) mass is 443 g/mol. The van der Waals surface area contributed by atoms with Crippen molar-refractivity contribution >= 4 is 26.6 Å². The first-order valence-electron chi connectivity index (χ1n) is 8.35. The van der Waals surface area contributed by atoms with Crippen LogP contribution in [0.4, 0.5) is 22.0 Å². The predicted octanol–water partition coefficient (Wildman–Crippen LogP) is 4.43. The lowest BCUT2D eigenvalue weighted by Gasteiger charge is -2.09. The number of hydrogen-bond acceptors (Lipinski definition) is 5. The van der Waals surface area contributed by atoms with Crippen molar-refractivity contribution < 1.29 is 39.4 Å². The van der Waals surface area contributed by atoms with E-state index in [1.807, 2.05) is 0 Å². The molecule has 0 bridgehead atoms. The molecule has 1 aliphatic heterocycles. The molecule has 156 valence electrons. The molecule has 1 aliphatic rings. The lowest BCUT2D eigenvalue weighted by atomic mass is 10.00. The van der Waals surface area contributed by atoms with Crippen molar-refractivity contribution in [2.75, 3.05) is 0 Å². The summed E-state index contributed by atoms with van der Waals surface area (Å²) < 4.78 is 102. The molecule has 1 heterocycles. The van der Waals surface area contributed by atoms with Crippen molar-refractivity contribution in [2.45, 2.75) is 17.9 Å². The van der Waals surface area contributed by atoms with Crippen molar-refractivity contribution in [1.82, 2.24) is 0 Å². The first-order chi connectivity index (χ1) is 14.1. The van der Waals surface area contributed by atoms with Gasteiger partial charge in [0, 0.05) is 0 Å². The molecule has 0 aromatic heterocycles. The smallest absolute Gasteiger partial charge is 0.364 e. The molecule has 0 spiro atoms. The van der Waals surface area contributed by atoms with Crippen LogP contribution in [0.15, 0.2) is 46.4 Å². The number of nitrogens with zero attached hydrogens (tertiary/aromatic N) is 1. The van der Waals surface area contributed by atoms with E-state index in [0.717, 1.165) is 5.39 Å². The van der Waals surface area contributed by atoms with Crippen molar-refractivity contribution in [3.63, 3.8) is 0 Å². The zero-order valence-corrected chi connectivity index (χ0v) is 15.7. The van der Waals surface area contributed by atoms with Crippen molar-refractivity contribution in [3.8, 4) is 5.75 Å². The van der Waals surface area contributed by atoms with Crippen LogP contribution in [0.2, 0.25) is 0 Å². The molecule has 0 fully saturated rings. The Hall–Kier alpha value is -3.21. The van der Waals surface area contributed by atoms with Gasteiger partial charge in [0.2, 0.25) is 5.82 Å². The van der Waals surface area contributed by atoms with Gasteiger partial charge in [-0.1, -0.05) is 35.5 Å². The second-order valence-electron chi connectivity index (χ2n) is 6.32. The first-order valence-corrected chi connectivity index (χ1v) is 9.76. The van der Waals surface area contributed by atoms with Crippen molar-refractivity contribution in [3.05, 3.63) is 71.0 Å². The Morgan fingerprint density at radius 3 is 2.17 bits per heavy atom. The molecule has 0 aliphatic carbocycles. The zero-order chi connectivity index (χ0) is 21.8. The molecular formula is C19H10F5NO4S. The summed E-state index contributed by atoms with van der Waals surface area (Å²) >= 11 is 0. The summed E-state index contributed by atoms with van der Waals surface area (Å²) in [7, 11) is -5.49. The number of hydrogen-bond donors (Lipinski definition) is 0. The van der Waals surface area contributed by atoms with Gasteiger partial charge in [0.25, 0.3) is 0 Å². The number of benzene rings is 3. The number of rotatable bonds is 3. The van der Waals surface area contributed by atoms with Gasteiger partial charge in [-0.15, -0.1) is 0 Å². The van der Waals surface area contributed by atoms with Crippen molar-refractivity contribution in [1.29, 1.82) is 0 Å². The minimum Gasteiger partial charge on any atom is -0.484 e. The molecule has 30 heavy (non-hydrogen) atoms. The van der Waals surface area contributed by atoms with E-state index in [9.17, 15) is 30.4 Å². The van der Waals surface area contributed by atoms with Crippen LogP contribution in [0.25, 0.3) is 10.8 Å². The maximum atomic E-state index is 13.9. The van der Waals surface area contributed by atoms with Gasteiger partial charge in [-0.05, 0) is 23.8 Å². The summed E-state index contributed by atoms with van der Waals surface area (Å²) in [5.41, 5.74) is 0.349. The van der Waals surface area contributed by atoms with Gasteiger partial charge in [0.05, 0.1) is 5.56 Å². The Balaban J connectivity index is 1.82. The topological polar surface area (TPSA) is 65.0 Å². The molecule has 0 saturated heterocycles. The minimum atomic E-state index is -5.49. The van der Waals surface area contributed by atoms with Crippen LogP contribution in [0.1, 0.15) is 12.5 Å². The van der Waals surface area contributed by atoms with Crippen LogP contribution in [-0.4, -0.2) is 20.2 Å². The number of fused-ring (bicyclic) bond motifs is 3. The molecule has 11 heteroatoms. The molecule has 0 N–H and O–H groups in total. The number of oxime groups is 1. The van der Waals surface area contributed by atoms with Crippen LogP contribution in [0.5, 0.6) is 5.75 Å². The predicted molar refractivity (Wildman–Crippen MR) is 95.1 cm³/mol. The van der Waals surface area contributed by atoms with Gasteiger partial charge < -0.3 is 4.74 Å². The second-order valence-corrected chi connectivity index (χ2v) is 7.79. The van der Waals surface area contributed by atoms with Crippen LogP contribution in [0.3, 0.4) is 0 Å². The van der Waals surface area contributed by atoms with E-state index >= 15 is 0 Å².